The van der Waals surface area contributed by atoms with Gasteiger partial charge in [0.25, 0.3) is 0 Å². The molecule has 1 rings (SSSR count). The number of rotatable bonds is 3. The van der Waals surface area contributed by atoms with Crippen molar-refractivity contribution in [1.29, 1.82) is 5.41 Å². The minimum atomic E-state index is 0.761. The third-order valence-electron chi connectivity index (χ3n) is 0.905. The Morgan fingerprint density at radius 3 is 3.20 bits per heavy atom. The van der Waals surface area contributed by atoms with Gasteiger partial charge >= 0.3 is 0 Å². The van der Waals surface area contributed by atoms with Crippen LogP contribution in [0.5, 0.6) is 0 Å². The second kappa shape index (κ2) is 4.00. The molecule has 1 heterocycles. The average molecular weight is 190 g/mol. The van der Waals surface area contributed by atoms with E-state index < -0.39 is 0 Å². The molecule has 0 amide bonds. The molecule has 0 aliphatic rings. The van der Waals surface area contributed by atoms with Gasteiger partial charge in [-0.15, -0.1) is 23.0 Å². The van der Waals surface area contributed by atoms with Crippen LogP contribution in [0.25, 0.3) is 0 Å². The Morgan fingerprint density at radius 2 is 2.70 bits per heavy atom. The minimum Gasteiger partial charge on any atom is -0.306 e. The van der Waals surface area contributed by atoms with E-state index in [0.717, 1.165) is 16.5 Å². The maximum atomic E-state index is 6.89. The lowest BCUT2D eigenvalue weighted by Gasteiger charge is -1.85. The molecule has 0 saturated carbocycles. The van der Waals surface area contributed by atoms with Crippen LogP contribution in [0.4, 0.5) is 0 Å². The fourth-order valence-corrected chi connectivity index (χ4v) is 1.93. The van der Waals surface area contributed by atoms with Gasteiger partial charge in [-0.05, 0) is 0 Å². The molecule has 1 aromatic rings. The zero-order valence-electron chi connectivity index (χ0n) is 5.07. The predicted molar refractivity (Wildman–Crippen MR) is 50.3 cm³/mol. The lowest BCUT2D eigenvalue weighted by Crippen LogP contribution is -1.79. The van der Waals surface area contributed by atoms with Crippen molar-refractivity contribution in [2.75, 3.05) is 0 Å². The Kier molecular flexibility index (Phi) is 3.24. The van der Waals surface area contributed by atoms with E-state index in [1.807, 2.05) is 5.38 Å². The summed E-state index contributed by atoms with van der Waals surface area (Å²) in [7, 11) is 1.44. The third-order valence-corrected chi connectivity index (χ3v) is 2.56. The first-order valence-electron chi connectivity index (χ1n) is 2.58. The Morgan fingerprint density at radius 1 is 1.90 bits per heavy atom. The van der Waals surface area contributed by atoms with Crippen molar-refractivity contribution < 1.29 is 0 Å². The van der Waals surface area contributed by atoms with Crippen LogP contribution in [0.3, 0.4) is 0 Å². The molecule has 0 unspecified atom stereocenters. The van der Waals surface area contributed by atoms with E-state index in [2.05, 4.69) is 16.6 Å². The van der Waals surface area contributed by atoms with Crippen LogP contribution in [0, 0.1) is 5.41 Å². The Balaban J connectivity index is 2.68. The quantitative estimate of drug-likeness (QED) is 0.435. The van der Waals surface area contributed by atoms with Gasteiger partial charge in [0, 0.05) is 11.1 Å². The Bertz CT molecular complexity index is 220. The van der Waals surface area contributed by atoms with Gasteiger partial charge in [-0.2, -0.15) is 0 Å². The SMILES string of the molecule is N=Cc1nc(CSS)cs1. The van der Waals surface area contributed by atoms with Crippen LogP contribution in [0.15, 0.2) is 5.38 Å². The van der Waals surface area contributed by atoms with Crippen molar-refractivity contribution in [2.45, 2.75) is 5.75 Å². The van der Waals surface area contributed by atoms with Crippen LogP contribution < -0.4 is 0 Å². The normalized spacial score (nSPS) is 9.70. The summed E-state index contributed by atoms with van der Waals surface area (Å²) in [5, 5.41) is 9.60. The Hall–Kier alpha value is -0.0000000000000000833. The standard InChI is InChI=1S/C5H6N2S3/c6-1-5-7-4(2-9-5)3-10-8/h1-2,6,8H,3H2. The summed E-state index contributed by atoms with van der Waals surface area (Å²) in [6, 6.07) is 0. The van der Waals surface area contributed by atoms with Gasteiger partial charge in [-0.25, -0.2) is 4.98 Å². The highest BCUT2D eigenvalue weighted by atomic mass is 33.1. The van der Waals surface area contributed by atoms with Gasteiger partial charge in [-0.1, -0.05) is 10.8 Å². The molecule has 0 spiro atoms. The smallest absolute Gasteiger partial charge is 0.134 e. The van der Waals surface area contributed by atoms with Crippen LogP contribution in [0.1, 0.15) is 10.7 Å². The molecule has 0 aliphatic carbocycles. The molecule has 0 aromatic carbocycles. The topological polar surface area (TPSA) is 36.7 Å². The average Bonchev–Trinajstić information content (AvgIpc) is 2.37. The highest BCUT2D eigenvalue weighted by Gasteiger charge is 1.96. The summed E-state index contributed by atoms with van der Waals surface area (Å²) in [6.45, 7) is 0. The van der Waals surface area contributed by atoms with Crippen molar-refractivity contribution in [3.63, 3.8) is 0 Å². The van der Waals surface area contributed by atoms with Crippen LogP contribution in [0.2, 0.25) is 0 Å². The largest absolute Gasteiger partial charge is 0.306 e. The van der Waals surface area contributed by atoms with Gasteiger partial charge in [0.15, 0.2) is 0 Å². The molecule has 2 nitrogen and oxygen atoms in total. The van der Waals surface area contributed by atoms with E-state index in [1.165, 1.54) is 28.3 Å². The highest BCUT2D eigenvalue weighted by Crippen LogP contribution is 2.16. The van der Waals surface area contributed by atoms with E-state index in [-0.39, 0.29) is 0 Å². The molecule has 0 atom stereocenters. The summed E-state index contributed by atoms with van der Waals surface area (Å²) in [5.41, 5.74) is 1.00. The third kappa shape index (κ3) is 2.00. The van der Waals surface area contributed by atoms with Crippen LogP contribution >= 0.6 is 33.8 Å². The van der Waals surface area contributed by atoms with Crippen LogP contribution in [-0.2, 0) is 5.75 Å². The molecular formula is C5H6N2S3. The maximum absolute atomic E-state index is 6.89. The first-order chi connectivity index (χ1) is 4.86. The minimum absolute atomic E-state index is 0.761. The van der Waals surface area contributed by atoms with Gasteiger partial charge in [0.1, 0.15) is 5.01 Å². The van der Waals surface area contributed by atoms with E-state index in [9.17, 15) is 0 Å². The molecule has 0 aliphatic heterocycles. The molecule has 0 bridgehead atoms. The lowest BCUT2D eigenvalue weighted by molar-refractivity contribution is 1.23. The maximum Gasteiger partial charge on any atom is 0.134 e. The molecule has 0 saturated heterocycles. The van der Waals surface area contributed by atoms with Crippen molar-refractivity contribution in [3.05, 3.63) is 16.1 Å². The van der Waals surface area contributed by atoms with Crippen molar-refractivity contribution in [3.8, 4) is 0 Å². The number of thiol groups is 1. The number of aromatic nitrogens is 1. The fourth-order valence-electron chi connectivity index (χ4n) is 0.521. The summed E-state index contributed by atoms with van der Waals surface area (Å²) in [6.07, 6.45) is 1.26. The highest BCUT2D eigenvalue weighted by molar-refractivity contribution is 8.68. The first kappa shape index (κ1) is 8.10. The van der Waals surface area contributed by atoms with Gasteiger partial charge < -0.3 is 5.41 Å². The summed E-state index contributed by atoms with van der Waals surface area (Å²) < 4.78 is 0. The van der Waals surface area contributed by atoms with E-state index in [1.54, 1.807) is 0 Å². The van der Waals surface area contributed by atoms with E-state index in [0.29, 0.717) is 0 Å². The Labute approximate surface area is 72.4 Å². The molecular weight excluding hydrogens is 184 g/mol. The molecule has 5 heteroatoms. The monoisotopic (exact) mass is 190 g/mol. The van der Waals surface area contributed by atoms with Gasteiger partial charge in [-0.3, -0.25) is 0 Å². The second-order valence-electron chi connectivity index (χ2n) is 1.59. The van der Waals surface area contributed by atoms with Gasteiger partial charge in [0.05, 0.1) is 11.9 Å². The van der Waals surface area contributed by atoms with Crippen molar-refractivity contribution >= 4 is 40.0 Å². The van der Waals surface area contributed by atoms with Crippen molar-refractivity contribution in [1.82, 2.24) is 4.98 Å². The summed E-state index contributed by atoms with van der Waals surface area (Å²) >= 11 is 5.48. The van der Waals surface area contributed by atoms with Crippen molar-refractivity contribution in [2.24, 2.45) is 0 Å². The molecule has 0 fully saturated rings. The number of hydrogen-bond acceptors (Lipinski definition) is 5. The predicted octanol–water partition coefficient (Wildman–Crippen LogP) is 2.22. The number of hydrogen-bond donors (Lipinski definition) is 2. The zero-order chi connectivity index (χ0) is 7.40. The lowest BCUT2D eigenvalue weighted by atomic mass is 10.6. The summed E-state index contributed by atoms with van der Waals surface area (Å²) in [4.78, 5) is 4.12. The summed E-state index contributed by atoms with van der Waals surface area (Å²) in [5.74, 6) is 0.813. The molecule has 1 aromatic heterocycles. The fraction of sp³-hybridized carbons (Fsp3) is 0.200. The second-order valence-corrected chi connectivity index (χ2v) is 3.81. The molecule has 10 heavy (non-hydrogen) atoms. The molecule has 0 radical (unpaired) electrons. The van der Waals surface area contributed by atoms with Gasteiger partial charge in [0.2, 0.25) is 0 Å². The van der Waals surface area contributed by atoms with E-state index >= 15 is 0 Å². The molecule has 1 N–H and O–H groups in total. The van der Waals surface area contributed by atoms with Crippen LogP contribution in [-0.4, -0.2) is 11.2 Å². The molecule has 54 valence electrons. The van der Waals surface area contributed by atoms with E-state index in [4.69, 9.17) is 5.41 Å². The number of nitrogens with zero attached hydrogens (tertiary/aromatic N) is 1. The first-order valence-corrected chi connectivity index (χ1v) is 5.50. The number of nitrogens with one attached hydrogen (secondary N) is 1. The zero-order valence-corrected chi connectivity index (χ0v) is 7.60. The number of thiazole rings is 1.